The van der Waals surface area contributed by atoms with Crippen LogP contribution in [-0.2, 0) is 16.4 Å². The number of nitrogens with zero attached hydrogens (tertiary/aromatic N) is 2. The van der Waals surface area contributed by atoms with Crippen LogP contribution >= 0.6 is 0 Å². The first-order valence-electron chi connectivity index (χ1n) is 12.0. The van der Waals surface area contributed by atoms with Crippen LogP contribution in [0.5, 0.6) is 5.75 Å². The molecule has 0 atom stereocenters. The van der Waals surface area contributed by atoms with Crippen LogP contribution in [0.4, 0.5) is 0 Å². The van der Waals surface area contributed by atoms with Crippen LogP contribution in [0.2, 0.25) is 0 Å². The Morgan fingerprint density at radius 3 is 2.60 bits per heavy atom. The van der Waals surface area contributed by atoms with Gasteiger partial charge in [-0.15, -0.1) is 0 Å². The van der Waals surface area contributed by atoms with Crippen molar-refractivity contribution in [2.24, 2.45) is 0 Å². The molecule has 2 aromatic carbocycles. The summed E-state index contributed by atoms with van der Waals surface area (Å²) in [5.41, 5.74) is 3.37. The predicted octanol–water partition coefficient (Wildman–Crippen LogP) is 3.77. The summed E-state index contributed by atoms with van der Waals surface area (Å²) in [6.07, 6.45) is 7.20. The fourth-order valence-corrected chi connectivity index (χ4v) is 5.89. The molecule has 9 heteroatoms. The van der Waals surface area contributed by atoms with Crippen molar-refractivity contribution >= 4 is 15.9 Å². The van der Waals surface area contributed by atoms with Crippen molar-refractivity contribution in [3.63, 3.8) is 0 Å². The number of aryl methyl sites for hydroxylation is 2. The monoisotopic (exact) mass is 496 g/mol. The maximum absolute atomic E-state index is 13.0. The molecule has 3 aromatic rings. The van der Waals surface area contributed by atoms with Gasteiger partial charge in [0.05, 0.1) is 18.5 Å². The molecule has 0 saturated heterocycles. The van der Waals surface area contributed by atoms with Gasteiger partial charge in [-0.05, 0) is 68.5 Å². The molecule has 1 saturated carbocycles. The lowest BCUT2D eigenvalue weighted by Crippen LogP contribution is -2.33. The maximum atomic E-state index is 13.0. The number of ether oxygens (including phenoxy) is 1. The van der Waals surface area contributed by atoms with E-state index in [9.17, 15) is 13.2 Å². The summed E-state index contributed by atoms with van der Waals surface area (Å²) in [4.78, 5) is 12.7. The molecule has 1 aromatic heterocycles. The molecule has 1 fully saturated rings. The number of hydrogen-bond donors (Lipinski definition) is 2. The van der Waals surface area contributed by atoms with Gasteiger partial charge in [-0.2, -0.15) is 5.10 Å². The summed E-state index contributed by atoms with van der Waals surface area (Å²) in [6.45, 7) is 2.44. The molecule has 0 spiro atoms. The molecule has 0 unspecified atom stereocenters. The van der Waals surface area contributed by atoms with E-state index in [1.54, 1.807) is 6.07 Å². The molecule has 1 aliphatic carbocycles. The standard InChI is InChI=1S/C26H32N4O4S/c1-19-21(18-30(28-19)23-12-4-3-5-13-23)9-8-16-27-26(31)20-14-15-24(34-2)25(17-20)35(32,33)29-22-10-6-7-11-22/h3-5,12-15,17-18,22,29H,6-11,16H2,1-2H3,(H,27,31). The molecule has 1 aliphatic rings. The highest BCUT2D eigenvalue weighted by atomic mass is 32.2. The fraction of sp³-hybridized carbons (Fsp3) is 0.385. The average molecular weight is 497 g/mol. The third-order valence-electron chi connectivity index (χ3n) is 6.32. The van der Waals surface area contributed by atoms with E-state index < -0.39 is 10.0 Å². The predicted molar refractivity (Wildman–Crippen MR) is 135 cm³/mol. The van der Waals surface area contributed by atoms with Gasteiger partial charge in [-0.3, -0.25) is 4.79 Å². The summed E-state index contributed by atoms with van der Waals surface area (Å²) in [5.74, 6) is -0.0976. The normalized spacial score (nSPS) is 14.2. The molecular formula is C26H32N4O4S. The van der Waals surface area contributed by atoms with Crippen LogP contribution in [0.15, 0.2) is 59.6 Å². The molecule has 8 nitrogen and oxygen atoms in total. The van der Waals surface area contributed by atoms with Crippen molar-refractivity contribution in [2.75, 3.05) is 13.7 Å². The number of nitrogens with one attached hydrogen (secondary N) is 2. The molecule has 1 amide bonds. The van der Waals surface area contributed by atoms with Gasteiger partial charge in [0.15, 0.2) is 0 Å². The second-order valence-electron chi connectivity index (χ2n) is 8.85. The number of methoxy groups -OCH3 is 1. The van der Waals surface area contributed by atoms with Crippen LogP contribution in [0, 0.1) is 6.92 Å². The van der Waals surface area contributed by atoms with Gasteiger partial charge in [-0.1, -0.05) is 31.0 Å². The van der Waals surface area contributed by atoms with Gasteiger partial charge < -0.3 is 10.1 Å². The van der Waals surface area contributed by atoms with Gasteiger partial charge in [0, 0.05) is 24.3 Å². The van der Waals surface area contributed by atoms with Crippen LogP contribution in [0.1, 0.15) is 53.7 Å². The van der Waals surface area contributed by atoms with E-state index in [0.29, 0.717) is 6.54 Å². The van der Waals surface area contributed by atoms with E-state index in [0.717, 1.165) is 55.5 Å². The Labute approximate surface area is 206 Å². The minimum atomic E-state index is -3.79. The molecule has 0 radical (unpaired) electrons. The quantitative estimate of drug-likeness (QED) is 0.416. The van der Waals surface area contributed by atoms with Gasteiger partial charge in [0.2, 0.25) is 10.0 Å². The summed E-state index contributed by atoms with van der Waals surface area (Å²) >= 11 is 0. The Morgan fingerprint density at radius 1 is 1.14 bits per heavy atom. The van der Waals surface area contributed by atoms with Gasteiger partial charge in [0.25, 0.3) is 5.91 Å². The Morgan fingerprint density at radius 2 is 1.89 bits per heavy atom. The van der Waals surface area contributed by atoms with Gasteiger partial charge in [0.1, 0.15) is 10.6 Å². The lowest BCUT2D eigenvalue weighted by Gasteiger charge is -2.15. The number of para-hydroxylation sites is 1. The number of amides is 1. The highest BCUT2D eigenvalue weighted by molar-refractivity contribution is 7.89. The van der Waals surface area contributed by atoms with E-state index in [1.807, 2.05) is 48.1 Å². The SMILES string of the molecule is COc1ccc(C(=O)NCCCc2cn(-c3ccccc3)nc2C)cc1S(=O)(=O)NC1CCCC1. The number of aromatic nitrogens is 2. The zero-order chi connectivity index (χ0) is 24.8. The first-order chi connectivity index (χ1) is 16.9. The Balaban J connectivity index is 1.36. The maximum Gasteiger partial charge on any atom is 0.251 e. The van der Waals surface area contributed by atoms with Crippen molar-refractivity contribution in [3.8, 4) is 11.4 Å². The lowest BCUT2D eigenvalue weighted by atomic mass is 10.1. The van der Waals surface area contributed by atoms with Crippen molar-refractivity contribution in [1.29, 1.82) is 0 Å². The molecular weight excluding hydrogens is 464 g/mol. The minimum absolute atomic E-state index is 0.0106. The molecule has 0 aliphatic heterocycles. The van der Waals surface area contributed by atoms with E-state index >= 15 is 0 Å². The first kappa shape index (κ1) is 24.9. The van der Waals surface area contributed by atoms with Crippen LogP contribution < -0.4 is 14.8 Å². The summed E-state index contributed by atoms with van der Waals surface area (Å²) < 4.78 is 35.8. The summed E-state index contributed by atoms with van der Waals surface area (Å²) in [7, 11) is -2.37. The largest absolute Gasteiger partial charge is 0.495 e. The van der Waals surface area contributed by atoms with Gasteiger partial charge >= 0.3 is 0 Å². The number of carbonyl (C=O) groups excluding carboxylic acids is 1. The van der Waals surface area contributed by atoms with Crippen LogP contribution in [0.3, 0.4) is 0 Å². The molecule has 2 N–H and O–H groups in total. The number of benzene rings is 2. The molecule has 186 valence electrons. The second kappa shape index (κ2) is 11.0. The second-order valence-corrected chi connectivity index (χ2v) is 10.5. The fourth-order valence-electron chi connectivity index (χ4n) is 4.39. The van der Waals surface area contributed by atoms with Crippen molar-refractivity contribution in [3.05, 3.63) is 71.5 Å². The molecule has 1 heterocycles. The lowest BCUT2D eigenvalue weighted by molar-refractivity contribution is 0.0953. The number of rotatable bonds is 10. The summed E-state index contributed by atoms with van der Waals surface area (Å²) in [6, 6.07) is 14.3. The number of carbonyl (C=O) groups is 1. The Hall–Kier alpha value is -3.17. The zero-order valence-electron chi connectivity index (χ0n) is 20.2. The van der Waals surface area contributed by atoms with Crippen molar-refractivity contribution in [2.45, 2.75) is 56.4 Å². The average Bonchev–Trinajstić information content (AvgIpc) is 3.51. The molecule has 35 heavy (non-hydrogen) atoms. The molecule has 4 rings (SSSR count). The Bertz CT molecular complexity index is 1270. The third-order valence-corrected chi connectivity index (χ3v) is 7.86. The number of hydrogen-bond acceptors (Lipinski definition) is 5. The van der Waals surface area contributed by atoms with Gasteiger partial charge in [-0.25, -0.2) is 17.8 Å². The highest BCUT2D eigenvalue weighted by Crippen LogP contribution is 2.27. The van der Waals surface area contributed by atoms with E-state index in [-0.39, 0.29) is 28.2 Å². The Kier molecular flexibility index (Phi) is 7.87. The first-order valence-corrected chi connectivity index (χ1v) is 13.4. The minimum Gasteiger partial charge on any atom is -0.495 e. The molecule has 0 bridgehead atoms. The van der Waals surface area contributed by atoms with Crippen LogP contribution in [-0.4, -0.2) is 43.8 Å². The van der Waals surface area contributed by atoms with Crippen molar-refractivity contribution < 1.29 is 17.9 Å². The third kappa shape index (κ3) is 6.10. The van der Waals surface area contributed by atoms with Crippen LogP contribution in [0.25, 0.3) is 5.69 Å². The van der Waals surface area contributed by atoms with E-state index in [4.69, 9.17) is 4.74 Å². The van der Waals surface area contributed by atoms with E-state index in [1.165, 1.54) is 19.2 Å². The topological polar surface area (TPSA) is 102 Å². The smallest absolute Gasteiger partial charge is 0.251 e. The number of sulfonamides is 1. The summed E-state index contributed by atoms with van der Waals surface area (Å²) in [5, 5.41) is 7.48. The highest BCUT2D eigenvalue weighted by Gasteiger charge is 2.26. The zero-order valence-corrected chi connectivity index (χ0v) is 21.0. The van der Waals surface area contributed by atoms with E-state index in [2.05, 4.69) is 15.1 Å². The van der Waals surface area contributed by atoms with Crippen molar-refractivity contribution in [1.82, 2.24) is 19.8 Å².